The lowest BCUT2D eigenvalue weighted by Crippen LogP contribution is -2.52. The minimum Gasteiger partial charge on any atom is -0.326 e. The summed E-state index contributed by atoms with van der Waals surface area (Å²) in [4.78, 5) is 40.8. The second-order valence-corrected chi connectivity index (χ2v) is 8.17. The average molecular weight is 420 g/mol. The highest BCUT2D eigenvalue weighted by atomic mass is 32.1. The summed E-state index contributed by atoms with van der Waals surface area (Å²) in [5.41, 5.74) is 3.99. The molecule has 0 radical (unpaired) electrons. The van der Waals surface area contributed by atoms with Crippen molar-refractivity contribution in [2.45, 2.75) is 26.3 Å². The van der Waals surface area contributed by atoms with E-state index in [-0.39, 0.29) is 24.1 Å². The number of carbonyl (C=O) groups is 3. The first-order valence-electron chi connectivity index (χ1n) is 9.58. The summed E-state index contributed by atoms with van der Waals surface area (Å²) >= 11 is 1.30. The number of benzene rings is 2. The van der Waals surface area contributed by atoms with Crippen molar-refractivity contribution in [3.05, 3.63) is 76.0 Å². The van der Waals surface area contributed by atoms with Gasteiger partial charge >= 0.3 is 0 Å². The SMILES string of the molecule is Cc1ccc(NC(=O)C[C@H]2C(=O)Nc3ccccc3N2C(=O)c2cccs2)cc1C. The molecule has 3 aromatic rings. The van der Waals surface area contributed by atoms with Crippen LogP contribution in [0, 0.1) is 13.8 Å². The van der Waals surface area contributed by atoms with Crippen LogP contribution in [0.2, 0.25) is 0 Å². The Labute approximate surface area is 178 Å². The normalized spacial score (nSPS) is 15.3. The summed E-state index contributed by atoms with van der Waals surface area (Å²) in [5, 5.41) is 7.47. The molecular formula is C23H21N3O3S. The van der Waals surface area contributed by atoms with Crippen LogP contribution in [-0.4, -0.2) is 23.8 Å². The lowest BCUT2D eigenvalue weighted by Gasteiger charge is -2.36. The highest BCUT2D eigenvalue weighted by molar-refractivity contribution is 7.12. The van der Waals surface area contributed by atoms with Gasteiger partial charge in [0.05, 0.1) is 22.7 Å². The van der Waals surface area contributed by atoms with E-state index < -0.39 is 6.04 Å². The van der Waals surface area contributed by atoms with E-state index in [1.807, 2.05) is 37.4 Å². The first kappa shape index (κ1) is 19.8. The van der Waals surface area contributed by atoms with Crippen molar-refractivity contribution in [2.75, 3.05) is 15.5 Å². The van der Waals surface area contributed by atoms with Crippen molar-refractivity contribution in [2.24, 2.45) is 0 Å². The van der Waals surface area contributed by atoms with Crippen LogP contribution in [0.3, 0.4) is 0 Å². The van der Waals surface area contributed by atoms with Crippen LogP contribution in [0.5, 0.6) is 0 Å². The number of rotatable bonds is 4. The molecule has 3 amide bonds. The molecule has 0 saturated carbocycles. The Morgan fingerprint density at radius 2 is 1.87 bits per heavy atom. The van der Waals surface area contributed by atoms with E-state index in [0.29, 0.717) is 21.9 Å². The van der Waals surface area contributed by atoms with Gasteiger partial charge in [0.15, 0.2) is 0 Å². The van der Waals surface area contributed by atoms with Gasteiger partial charge < -0.3 is 10.6 Å². The molecule has 0 fully saturated rings. The monoisotopic (exact) mass is 419 g/mol. The Morgan fingerprint density at radius 3 is 2.60 bits per heavy atom. The van der Waals surface area contributed by atoms with Gasteiger partial charge in [-0.15, -0.1) is 11.3 Å². The molecule has 4 rings (SSSR count). The quantitative estimate of drug-likeness (QED) is 0.659. The summed E-state index contributed by atoms with van der Waals surface area (Å²) in [7, 11) is 0. The molecule has 0 bridgehead atoms. The zero-order valence-electron chi connectivity index (χ0n) is 16.6. The van der Waals surface area contributed by atoms with Crippen LogP contribution >= 0.6 is 11.3 Å². The molecule has 6 nitrogen and oxygen atoms in total. The number of carbonyl (C=O) groups excluding carboxylic acids is 3. The first-order chi connectivity index (χ1) is 14.4. The van der Waals surface area contributed by atoms with Crippen LogP contribution < -0.4 is 15.5 Å². The summed E-state index contributed by atoms with van der Waals surface area (Å²) in [6, 6.07) is 15.3. The van der Waals surface area contributed by atoms with Crippen molar-refractivity contribution in [1.82, 2.24) is 0 Å². The number of amides is 3. The molecule has 2 aromatic carbocycles. The zero-order chi connectivity index (χ0) is 21.3. The maximum Gasteiger partial charge on any atom is 0.269 e. The third-order valence-corrected chi connectivity index (χ3v) is 6.01. The fraction of sp³-hybridized carbons (Fsp3) is 0.174. The zero-order valence-corrected chi connectivity index (χ0v) is 17.5. The molecule has 2 heterocycles. The van der Waals surface area contributed by atoms with Crippen molar-refractivity contribution < 1.29 is 14.4 Å². The predicted molar refractivity (Wildman–Crippen MR) is 119 cm³/mol. The van der Waals surface area contributed by atoms with E-state index in [2.05, 4.69) is 10.6 Å². The molecular weight excluding hydrogens is 398 g/mol. The second kappa shape index (κ2) is 8.12. The number of aryl methyl sites for hydroxylation is 2. The molecule has 30 heavy (non-hydrogen) atoms. The van der Waals surface area contributed by atoms with Gasteiger partial charge in [-0.2, -0.15) is 0 Å². The number of fused-ring (bicyclic) bond motifs is 1. The van der Waals surface area contributed by atoms with Gasteiger partial charge in [-0.1, -0.05) is 24.3 Å². The molecule has 152 valence electrons. The summed E-state index contributed by atoms with van der Waals surface area (Å²) in [5.74, 6) is -1.01. The fourth-order valence-electron chi connectivity index (χ4n) is 3.45. The number of nitrogens with one attached hydrogen (secondary N) is 2. The van der Waals surface area contributed by atoms with Crippen LogP contribution in [0.1, 0.15) is 27.2 Å². The molecule has 0 saturated heterocycles. The second-order valence-electron chi connectivity index (χ2n) is 7.23. The van der Waals surface area contributed by atoms with Gasteiger partial charge in [0, 0.05) is 5.69 Å². The highest BCUT2D eigenvalue weighted by Gasteiger charge is 2.38. The van der Waals surface area contributed by atoms with Gasteiger partial charge in [-0.25, -0.2) is 0 Å². The largest absolute Gasteiger partial charge is 0.326 e. The smallest absolute Gasteiger partial charge is 0.269 e. The number of hydrogen-bond acceptors (Lipinski definition) is 4. The van der Waals surface area contributed by atoms with Crippen LogP contribution in [0.25, 0.3) is 0 Å². The molecule has 2 N–H and O–H groups in total. The molecule has 0 spiro atoms. The molecule has 1 aromatic heterocycles. The Morgan fingerprint density at radius 1 is 1.07 bits per heavy atom. The average Bonchev–Trinajstić information content (AvgIpc) is 3.26. The summed E-state index contributed by atoms with van der Waals surface area (Å²) < 4.78 is 0. The van der Waals surface area contributed by atoms with Crippen LogP contribution in [0.4, 0.5) is 17.1 Å². The Balaban J connectivity index is 1.62. The van der Waals surface area contributed by atoms with Gasteiger partial charge in [0.2, 0.25) is 11.8 Å². The molecule has 7 heteroatoms. The van der Waals surface area contributed by atoms with Crippen molar-refractivity contribution in [1.29, 1.82) is 0 Å². The van der Waals surface area contributed by atoms with Gasteiger partial charge in [0.25, 0.3) is 5.91 Å². The Bertz CT molecular complexity index is 1120. The van der Waals surface area contributed by atoms with E-state index >= 15 is 0 Å². The topological polar surface area (TPSA) is 78.5 Å². The van der Waals surface area contributed by atoms with E-state index in [1.165, 1.54) is 16.2 Å². The minimum atomic E-state index is -0.943. The van der Waals surface area contributed by atoms with Gasteiger partial charge in [0.1, 0.15) is 6.04 Å². The maximum atomic E-state index is 13.2. The standard InChI is InChI=1S/C23H21N3O3S/c1-14-9-10-16(12-15(14)2)24-21(27)13-19-22(28)25-17-6-3-4-7-18(17)26(19)23(29)20-8-5-11-30-20/h3-12,19H,13H2,1-2H3,(H,24,27)(H,25,28)/t19-/m0/s1. The number of hydrogen-bond donors (Lipinski definition) is 2. The molecule has 0 aliphatic carbocycles. The van der Waals surface area contributed by atoms with E-state index in [0.717, 1.165) is 11.1 Å². The lowest BCUT2D eigenvalue weighted by molar-refractivity contribution is -0.122. The fourth-order valence-corrected chi connectivity index (χ4v) is 4.11. The number of thiophene rings is 1. The maximum absolute atomic E-state index is 13.2. The van der Waals surface area contributed by atoms with E-state index in [1.54, 1.807) is 36.4 Å². The molecule has 1 aliphatic heterocycles. The van der Waals surface area contributed by atoms with Crippen LogP contribution in [0.15, 0.2) is 60.0 Å². The summed E-state index contributed by atoms with van der Waals surface area (Å²) in [6.07, 6.45) is -0.149. The van der Waals surface area contributed by atoms with Crippen molar-refractivity contribution >= 4 is 46.1 Å². The highest BCUT2D eigenvalue weighted by Crippen LogP contribution is 2.34. The summed E-state index contributed by atoms with van der Waals surface area (Å²) in [6.45, 7) is 3.97. The first-order valence-corrected chi connectivity index (χ1v) is 10.5. The number of anilines is 3. The number of para-hydroxylation sites is 2. The van der Waals surface area contributed by atoms with Gasteiger partial charge in [-0.05, 0) is 60.7 Å². The minimum absolute atomic E-state index is 0.149. The van der Waals surface area contributed by atoms with Crippen molar-refractivity contribution in [3.8, 4) is 0 Å². The van der Waals surface area contributed by atoms with Crippen molar-refractivity contribution in [3.63, 3.8) is 0 Å². The molecule has 0 unspecified atom stereocenters. The third-order valence-electron chi connectivity index (χ3n) is 5.16. The van der Waals surface area contributed by atoms with Crippen LogP contribution in [-0.2, 0) is 9.59 Å². The Kier molecular flexibility index (Phi) is 5.37. The van der Waals surface area contributed by atoms with E-state index in [4.69, 9.17) is 0 Å². The number of nitrogens with zero attached hydrogens (tertiary/aromatic N) is 1. The molecule has 1 atom stereocenters. The Hall–Kier alpha value is -3.45. The predicted octanol–water partition coefficient (Wildman–Crippen LogP) is 4.36. The van der Waals surface area contributed by atoms with Gasteiger partial charge in [-0.3, -0.25) is 19.3 Å². The third kappa shape index (κ3) is 3.84. The lowest BCUT2D eigenvalue weighted by atomic mass is 10.0. The van der Waals surface area contributed by atoms with E-state index in [9.17, 15) is 14.4 Å². The molecule has 1 aliphatic rings.